The summed E-state index contributed by atoms with van der Waals surface area (Å²) < 4.78 is 38.7. The van der Waals surface area contributed by atoms with E-state index in [1.54, 1.807) is 0 Å². The van der Waals surface area contributed by atoms with Crippen LogP contribution < -0.4 is 14.5 Å². The molecule has 2 aromatic heterocycles. The van der Waals surface area contributed by atoms with E-state index in [1.807, 2.05) is 30.5 Å². The number of benzene rings is 8. The number of nitrogens with zero attached hydrogens (tertiary/aromatic N) is 4. The number of fused-ring (bicyclic) bond motifs is 4. The summed E-state index contributed by atoms with van der Waals surface area (Å²) in [4.78, 5) is 9.26. The molecular weight excluding hydrogens is 1100 g/mol. The van der Waals surface area contributed by atoms with Gasteiger partial charge in [-0.05, 0) is 134 Å². The van der Waals surface area contributed by atoms with E-state index < -0.39 is 11.6 Å². The molecule has 1 aliphatic rings. The Morgan fingerprint density at radius 2 is 1.05 bits per heavy atom. The fourth-order valence-corrected chi connectivity index (χ4v) is 10.6. The summed E-state index contributed by atoms with van der Waals surface area (Å²) >= 11 is 0. The standard InChI is InChI=1S/C66H57F2N4O.Pt/c1-40(2)56-32-46(44-18-10-9-11-19-44)33-57(41(3)4)65(56)48-30-51(37-53(31-48)73-52-25-26-55-54-20-12-13-21-60(54)72(63(55)38-52)64-24-16-17-27-69-64)70-39-71(62-23-15-14-22-61(62)70)66-58(42(5)6)34-47(35-59(66)43(7)8)45-28-49(67)36-50(68)29-45;/h9-36,39-43H,1-8H3;/q-3;. The first-order valence-electron chi connectivity index (χ1n) is 25.3. The molecule has 1 aliphatic heterocycles. The van der Waals surface area contributed by atoms with Crippen LogP contribution in [0.2, 0.25) is 0 Å². The summed E-state index contributed by atoms with van der Waals surface area (Å²) in [6, 6.07) is 62.0. The van der Waals surface area contributed by atoms with Crippen LogP contribution in [0.3, 0.4) is 0 Å². The second-order valence-corrected chi connectivity index (χ2v) is 20.4. The van der Waals surface area contributed by atoms with Gasteiger partial charge < -0.3 is 19.1 Å². The fraction of sp³-hybridized carbons (Fsp3) is 0.182. The maximum atomic E-state index is 14.7. The molecule has 0 saturated carbocycles. The maximum Gasteiger partial charge on any atom is 0.135 e. The van der Waals surface area contributed by atoms with Crippen molar-refractivity contribution >= 4 is 44.6 Å². The Morgan fingerprint density at radius 3 is 1.69 bits per heavy atom. The molecule has 0 N–H and O–H groups in total. The molecule has 0 fully saturated rings. The van der Waals surface area contributed by atoms with Crippen LogP contribution in [0, 0.1) is 30.4 Å². The van der Waals surface area contributed by atoms with E-state index in [1.165, 1.54) is 39.9 Å². The van der Waals surface area contributed by atoms with Gasteiger partial charge in [-0.1, -0.05) is 140 Å². The SMILES string of the molecule is CC(C)c1cc(-c2ccccc2)cc(C(C)C)c1-c1cc(Oc2[c-]c3c(cc2)c2ccccc2n3-c2ccccn2)[c-]c(N2[CH-]N(c3c(C(C)C)cc(-c4cc(F)cc(F)c4)cc3C(C)C)c3ccccc32)c1.[Pt]. The zero-order valence-corrected chi connectivity index (χ0v) is 45.1. The third-order valence-electron chi connectivity index (χ3n) is 14.1. The van der Waals surface area contributed by atoms with Gasteiger partial charge in [0.1, 0.15) is 17.5 Å². The summed E-state index contributed by atoms with van der Waals surface area (Å²) in [7, 11) is 0. The van der Waals surface area contributed by atoms with Crippen molar-refractivity contribution in [3.63, 3.8) is 0 Å². The van der Waals surface area contributed by atoms with Gasteiger partial charge in [0.15, 0.2) is 0 Å². The van der Waals surface area contributed by atoms with E-state index in [-0.39, 0.29) is 44.7 Å². The molecule has 3 heterocycles. The summed E-state index contributed by atoms with van der Waals surface area (Å²) in [6.07, 6.45) is 1.81. The summed E-state index contributed by atoms with van der Waals surface area (Å²) in [6.45, 7) is 19.9. The largest absolute Gasteiger partial charge is 0.509 e. The number of para-hydroxylation sites is 3. The minimum Gasteiger partial charge on any atom is -0.509 e. The molecule has 11 rings (SSSR count). The van der Waals surface area contributed by atoms with E-state index >= 15 is 0 Å². The Labute approximate surface area is 448 Å². The Bertz CT molecular complexity index is 3620. The number of ether oxygens (including phenoxy) is 1. The van der Waals surface area contributed by atoms with Gasteiger partial charge in [-0.2, -0.15) is 6.07 Å². The number of hydrogen-bond acceptors (Lipinski definition) is 4. The van der Waals surface area contributed by atoms with Crippen LogP contribution in [-0.4, -0.2) is 9.55 Å². The van der Waals surface area contributed by atoms with Crippen LogP contribution in [0.25, 0.3) is 61.0 Å². The molecule has 8 heteroatoms. The molecular formula is C66H57F2N4OPt-3. The van der Waals surface area contributed by atoms with E-state index in [0.29, 0.717) is 17.1 Å². The first-order chi connectivity index (χ1) is 35.3. The molecule has 0 spiro atoms. The number of anilines is 4. The normalized spacial score (nSPS) is 12.5. The van der Waals surface area contributed by atoms with Gasteiger partial charge in [0, 0.05) is 67.4 Å². The van der Waals surface area contributed by atoms with Crippen LogP contribution in [0.15, 0.2) is 170 Å². The Hall–Kier alpha value is -7.34. The van der Waals surface area contributed by atoms with Crippen molar-refractivity contribution in [1.29, 1.82) is 0 Å². The van der Waals surface area contributed by atoms with Crippen LogP contribution in [0.4, 0.5) is 31.5 Å². The van der Waals surface area contributed by atoms with Gasteiger partial charge in [0.2, 0.25) is 0 Å². The van der Waals surface area contributed by atoms with Crippen molar-refractivity contribution in [3.8, 4) is 50.7 Å². The predicted octanol–water partition coefficient (Wildman–Crippen LogP) is 18.8. The predicted molar refractivity (Wildman–Crippen MR) is 297 cm³/mol. The molecule has 374 valence electrons. The Morgan fingerprint density at radius 1 is 0.486 bits per heavy atom. The van der Waals surface area contributed by atoms with Crippen molar-refractivity contribution in [2.75, 3.05) is 9.80 Å². The van der Waals surface area contributed by atoms with Crippen LogP contribution in [0.1, 0.15) is 101 Å². The minimum atomic E-state index is -0.602. The Balaban J connectivity index is 0.00000626. The quantitative estimate of drug-likeness (QED) is 0.114. The maximum absolute atomic E-state index is 14.7. The summed E-state index contributed by atoms with van der Waals surface area (Å²) in [5.41, 5.74) is 16.2. The van der Waals surface area contributed by atoms with Crippen LogP contribution in [0.5, 0.6) is 11.5 Å². The van der Waals surface area contributed by atoms with Gasteiger partial charge >= 0.3 is 0 Å². The smallest absolute Gasteiger partial charge is 0.135 e. The average Bonchev–Trinajstić information content (AvgIpc) is 3.94. The zero-order valence-electron chi connectivity index (χ0n) is 42.8. The number of halogens is 2. The van der Waals surface area contributed by atoms with Crippen LogP contribution in [-0.2, 0) is 21.1 Å². The third-order valence-corrected chi connectivity index (χ3v) is 14.1. The van der Waals surface area contributed by atoms with Gasteiger partial charge in [0.25, 0.3) is 0 Å². The monoisotopic (exact) mass is 1150 g/mol. The van der Waals surface area contributed by atoms with Gasteiger partial charge in [0.05, 0.1) is 0 Å². The molecule has 0 aliphatic carbocycles. The molecule has 0 bridgehead atoms. The van der Waals surface area contributed by atoms with Crippen molar-refractivity contribution < 1.29 is 34.6 Å². The van der Waals surface area contributed by atoms with Crippen molar-refractivity contribution in [2.24, 2.45) is 0 Å². The minimum absolute atomic E-state index is 0. The average molecular weight is 1160 g/mol. The molecule has 0 amide bonds. The van der Waals surface area contributed by atoms with Crippen molar-refractivity contribution in [3.05, 3.63) is 223 Å². The van der Waals surface area contributed by atoms with Gasteiger partial charge in [-0.3, -0.25) is 0 Å². The third kappa shape index (κ3) is 9.32. The van der Waals surface area contributed by atoms with Gasteiger partial charge in [-0.15, -0.1) is 53.6 Å². The summed E-state index contributed by atoms with van der Waals surface area (Å²) in [5.74, 6) is 1.22. The second kappa shape index (κ2) is 20.5. The van der Waals surface area contributed by atoms with Crippen LogP contribution >= 0.6 is 0 Å². The topological polar surface area (TPSA) is 33.5 Å². The molecule has 5 nitrogen and oxygen atoms in total. The molecule has 0 radical (unpaired) electrons. The number of hydrogen-bond donors (Lipinski definition) is 0. The van der Waals surface area contributed by atoms with E-state index in [4.69, 9.17) is 9.72 Å². The molecule has 10 aromatic rings. The van der Waals surface area contributed by atoms with E-state index in [9.17, 15) is 8.78 Å². The zero-order chi connectivity index (χ0) is 50.7. The number of rotatable bonds is 12. The molecule has 8 aromatic carbocycles. The molecule has 0 unspecified atom stereocenters. The number of aromatic nitrogens is 2. The molecule has 74 heavy (non-hydrogen) atoms. The number of pyridine rings is 1. The first kappa shape index (κ1) is 50.2. The van der Waals surface area contributed by atoms with Gasteiger partial charge in [-0.25, -0.2) is 13.8 Å². The molecule has 0 saturated heterocycles. The van der Waals surface area contributed by atoms with Crippen molar-refractivity contribution in [1.82, 2.24) is 9.55 Å². The first-order valence-corrected chi connectivity index (χ1v) is 25.3. The second-order valence-electron chi connectivity index (χ2n) is 20.4. The van der Waals surface area contributed by atoms with E-state index in [2.05, 4.69) is 210 Å². The molecule has 0 atom stereocenters. The Kier molecular flexibility index (Phi) is 13.9. The summed E-state index contributed by atoms with van der Waals surface area (Å²) in [5, 5.41) is 2.16. The van der Waals surface area contributed by atoms with E-state index in [0.717, 1.165) is 78.7 Å². The fourth-order valence-electron chi connectivity index (χ4n) is 10.6. The van der Waals surface area contributed by atoms with Crippen molar-refractivity contribution in [2.45, 2.75) is 79.1 Å².